The molecule has 2 aromatic rings. The second-order valence-electron chi connectivity index (χ2n) is 7.12. The molecule has 0 aliphatic heterocycles. The van der Waals surface area contributed by atoms with Gasteiger partial charge >= 0.3 is 5.97 Å². The third-order valence-corrected chi connectivity index (χ3v) is 5.29. The Hall–Kier alpha value is -2.60. The smallest absolute Gasteiger partial charge is 0.340 e. The Balaban J connectivity index is 2.13. The fourth-order valence-corrected chi connectivity index (χ4v) is 3.74. The maximum Gasteiger partial charge on any atom is 0.340 e. The van der Waals surface area contributed by atoms with Crippen molar-refractivity contribution in [2.24, 2.45) is 0 Å². The number of aromatic amines is 1. The van der Waals surface area contributed by atoms with Gasteiger partial charge in [-0.3, -0.25) is 9.69 Å². The van der Waals surface area contributed by atoms with E-state index < -0.39 is 5.97 Å². The second kappa shape index (κ2) is 10.8. The minimum absolute atomic E-state index is 0.192. The molecule has 0 spiro atoms. The van der Waals surface area contributed by atoms with Crippen LogP contribution in [0.2, 0.25) is 0 Å². The maximum atomic E-state index is 12.9. The van der Waals surface area contributed by atoms with Crippen molar-refractivity contribution in [3.63, 3.8) is 0 Å². The molecular weight excluding hydrogens is 366 g/mol. The molecule has 6 heteroatoms. The number of ether oxygens (including phenoxy) is 1. The molecule has 1 aromatic carbocycles. The number of hydrogen-bond acceptors (Lipinski definition) is 4. The number of hydrogen-bond donors (Lipinski definition) is 2. The molecule has 1 heterocycles. The van der Waals surface area contributed by atoms with E-state index in [0.717, 1.165) is 19.5 Å². The van der Waals surface area contributed by atoms with E-state index in [0.29, 0.717) is 35.7 Å². The average Bonchev–Trinajstić information content (AvgIpc) is 3.01. The van der Waals surface area contributed by atoms with Gasteiger partial charge < -0.3 is 15.0 Å². The number of carbonyl (C=O) groups excluding carboxylic acids is 2. The number of esters is 1. The van der Waals surface area contributed by atoms with E-state index in [1.165, 1.54) is 5.56 Å². The molecule has 29 heavy (non-hydrogen) atoms. The van der Waals surface area contributed by atoms with Gasteiger partial charge in [-0.05, 0) is 51.4 Å². The number of amides is 1. The van der Waals surface area contributed by atoms with Crippen molar-refractivity contribution in [2.45, 2.75) is 47.1 Å². The molecule has 6 nitrogen and oxygen atoms in total. The molecule has 0 saturated carbocycles. The van der Waals surface area contributed by atoms with E-state index >= 15 is 0 Å². The number of aryl methyl sites for hydroxylation is 1. The van der Waals surface area contributed by atoms with Crippen LogP contribution in [0.3, 0.4) is 0 Å². The van der Waals surface area contributed by atoms with E-state index in [1.54, 1.807) is 20.8 Å². The average molecular weight is 400 g/mol. The van der Waals surface area contributed by atoms with Gasteiger partial charge in [-0.1, -0.05) is 44.2 Å². The van der Waals surface area contributed by atoms with Gasteiger partial charge in [-0.25, -0.2) is 4.79 Å². The van der Waals surface area contributed by atoms with Crippen molar-refractivity contribution in [3.05, 3.63) is 58.4 Å². The van der Waals surface area contributed by atoms with Crippen molar-refractivity contribution in [2.75, 3.05) is 26.2 Å². The molecule has 0 radical (unpaired) electrons. The van der Waals surface area contributed by atoms with Crippen LogP contribution < -0.4 is 5.32 Å². The summed E-state index contributed by atoms with van der Waals surface area (Å²) >= 11 is 0. The summed E-state index contributed by atoms with van der Waals surface area (Å²) in [7, 11) is 0. The van der Waals surface area contributed by atoms with Gasteiger partial charge in [0.05, 0.1) is 12.2 Å². The van der Waals surface area contributed by atoms with E-state index in [9.17, 15) is 9.59 Å². The number of benzene rings is 1. The van der Waals surface area contributed by atoms with Gasteiger partial charge in [0.15, 0.2) is 0 Å². The monoisotopic (exact) mass is 399 g/mol. The Morgan fingerprint density at radius 1 is 1.10 bits per heavy atom. The van der Waals surface area contributed by atoms with E-state index in [2.05, 4.69) is 41.2 Å². The molecule has 1 aromatic heterocycles. The van der Waals surface area contributed by atoms with Crippen molar-refractivity contribution in [3.8, 4) is 0 Å². The van der Waals surface area contributed by atoms with Gasteiger partial charge in [0.25, 0.3) is 5.91 Å². The number of nitrogens with zero attached hydrogens (tertiary/aromatic N) is 1. The Morgan fingerprint density at radius 3 is 2.34 bits per heavy atom. The predicted octanol–water partition coefficient (Wildman–Crippen LogP) is 3.49. The summed E-state index contributed by atoms with van der Waals surface area (Å²) in [5, 5.41) is 3.06. The first-order chi connectivity index (χ1) is 13.9. The summed E-state index contributed by atoms with van der Waals surface area (Å²) in [5.41, 5.74) is 3.39. The number of nitrogens with one attached hydrogen (secondary N) is 2. The van der Waals surface area contributed by atoms with Gasteiger partial charge in [-0.15, -0.1) is 0 Å². The largest absolute Gasteiger partial charge is 0.462 e. The highest BCUT2D eigenvalue weighted by Gasteiger charge is 2.24. The Bertz CT molecular complexity index is 810. The zero-order valence-electron chi connectivity index (χ0n) is 18.2. The summed E-state index contributed by atoms with van der Waals surface area (Å²) in [6.07, 6.45) is 0.861. The van der Waals surface area contributed by atoms with Gasteiger partial charge in [0.1, 0.15) is 5.69 Å². The highest BCUT2D eigenvalue weighted by Crippen LogP contribution is 2.19. The third-order valence-electron chi connectivity index (χ3n) is 5.29. The highest BCUT2D eigenvalue weighted by atomic mass is 16.5. The summed E-state index contributed by atoms with van der Waals surface area (Å²) in [5.74, 6) is -0.603. The molecule has 0 aliphatic rings. The second-order valence-corrected chi connectivity index (χ2v) is 7.12. The minimum atomic E-state index is -0.400. The van der Waals surface area contributed by atoms with E-state index in [4.69, 9.17) is 4.74 Å². The van der Waals surface area contributed by atoms with Crippen molar-refractivity contribution >= 4 is 11.9 Å². The quantitative estimate of drug-likeness (QED) is 0.600. The summed E-state index contributed by atoms with van der Waals surface area (Å²) in [4.78, 5) is 30.4. The fourth-order valence-electron chi connectivity index (χ4n) is 3.74. The Kier molecular flexibility index (Phi) is 8.46. The van der Waals surface area contributed by atoms with Crippen LogP contribution in [-0.4, -0.2) is 54.0 Å². The van der Waals surface area contributed by atoms with Crippen LogP contribution in [0.4, 0.5) is 0 Å². The summed E-state index contributed by atoms with van der Waals surface area (Å²) < 4.78 is 5.11. The SMILES string of the molecule is CCOC(=O)c1c(C)[nH]c(C(=O)NCC(Cc2ccccc2)N(CC)CC)c1C. The number of likely N-dealkylation sites (N-methyl/N-ethyl adjacent to an activating group) is 1. The lowest BCUT2D eigenvalue weighted by Crippen LogP contribution is -2.45. The van der Waals surface area contributed by atoms with E-state index in [-0.39, 0.29) is 11.9 Å². The molecule has 2 N–H and O–H groups in total. The molecule has 1 atom stereocenters. The van der Waals surface area contributed by atoms with Crippen LogP contribution in [0.5, 0.6) is 0 Å². The van der Waals surface area contributed by atoms with E-state index in [1.807, 2.05) is 18.2 Å². The normalized spacial score (nSPS) is 12.1. The molecular formula is C23H33N3O3. The Morgan fingerprint density at radius 2 is 1.76 bits per heavy atom. The zero-order valence-corrected chi connectivity index (χ0v) is 18.2. The molecule has 0 saturated heterocycles. The van der Waals surface area contributed by atoms with Crippen LogP contribution >= 0.6 is 0 Å². The number of carbonyl (C=O) groups is 2. The first kappa shape index (κ1) is 22.7. The molecule has 2 rings (SSSR count). The lowest BCUT2D eigenvalue weighted by molar-refractivity contribution is 0.0525. The summed E-state index contributed by atoms with van der Waals surface area (Å²) in [6, 6.07) is 10.5. The van der Waals surface area contributed by atoms with Gasteiger partial charge in [0.2, 0.25) is 0 Å². The lowest BCUT2D eigenvalue weighted by Gasteiger charge is -2.30. The zero-order chi connectivity index (χ0) is 21.4. The standard InChI is InChI=1S/C23H33N3O3/c1-6-26(7-2)19(14-18-12-10-9-11-13-18)15-24-22(27)21-16(4)20(17(5)25-21)23(28)29-8-3/h9-13,19,25H,6-8,14-15H2,1-5H3,(H,24,27). The topological polar surface area (TPSA) is 74.4 Å². The van der Waals surface area contributed by atoms with Gasteiger partial charge in [0, 0.05) is 18.3 Å². The number of rotatable bonds is 10. The number of H-pyrrole nitrogens is 1. The molecule has 1 unspecified atom stereocenters. The van der Waals surface area contributed by atoms with Crippen LogP contribution in [0.25, 0.3) is 0 Å². The molecule has 0 bridgehead atoms. The van der Waals surface area contributed by atoms with Crippen LogP contribution in [-0.2, 0) is 11.2 Å². The molecule has 158 valence electrons. The molecule has 1 amide bonds. The first-order valence-corrected chi connectivity index (χ1v) is 10.3. The molecule has 0 aliphatic carbocycles. The predicted molar refractivity (Wildman–Crippen MR) is 115 cm³/mol. The van der Waals surface area contributed by atoms with Crippen LogP contribution in [0.1, 0.15) is 58.4 Å². The fraction of sp³-hybridized carbons (Fsp3) is 0.478. The third kappa shape index (κ3) is 5.70. The van der Waals surface area contributed by atoms with Crippen LogP contribution in [0.15, 0.2) is 30.3 Å². The highest BCUT2D eigenvalue weighted by molar-refractivity contribution is 6.00. The van der Waals surface area contributed by atoms with Crippen molar-refractivity contribution in [1.29, 1.82) is 0 Å². The Labute approximate surface area is 173 Å². The van der Waals surface area contributed by atoms with Gasteiger partial charge in [-0.2, -0.15) is 0 Å². The first-order valence-electron chi connectivity index (χ1n) is 10.3. The number of aromatic nitrogens is 1. The van der Waals surface area contributed by atoms with Crippen molar-refractivity contribution in [1.82, 2.24) is 15.2 Å². The van der Waals surface area contributed by atoms with Crippen LogP contribution in [0, 0.1) is 13.8 Å². The molecule has 0 fully saturated rings. The van der Waals surface area contributed by atoms with Crippen molar-refractivity contribution < 1.29 is 14.3 Å². The maximum absolute atomic E-state index is 12.9. The lowest BCUT2D eigenvalue weighted by atomic mass is 10.0. The minimum Gasteiger partial charge on any atom is -0.462 e. The summed E-state index contributed by atoms with van der Waals surface area (Å²) in [6.45, 7) is 12.2.